The van der Waals surface area contributed by atoms with Gasteiger partial charge in [-0.2, -0.15) is 0 Å². The summed E-state index contributed by atoms with van der Waals surface area (Å²) < 4.78 is 16.7. The van der Waals surface area contributed by atoms with Crippen LogP contribution >= 0.6 is 0 Å². The van der Waals surface area contributed by atoms with Gasteiger partial charge in [0, 0.05) is 19.3 Å². The van der Waals surface area contributed by atoms with Crippen LogP contribution in [0, 0.1) is 17.8 Å². The molecule has 0 bridgehead atoms. The van der Waals surface area contributed by atoms with E-state index in [1.54, 1.807) is 0 Å². The predicted molar refractivity (Wildman–Crippen MR) is 224 cm³/mol. The van der Waals surface area contributed by atoms with Gasteiger partial charge in [-0.15, -0.1) is 0 Å². The number of unbranched alkanes of at least 4 members (excludes halogenated alkanes) is 22. The molecule has 6 heteroatoms. The van der Waals surface area contributed by atoms with E-state index in [0.29, 0.717) is 19.3 Å². The highest BCUT2D eigenvalue weighted by Crippen LogP contribution is 2.17. The Morgan fingerprint density at radius 2 is 0.660 bits per heavy atom. The lowest BCUT2D eigenvalue weighted by Gasteiger charge is -2.18. The average molecular weight is 751 g/mol. The van der Waals surface area contributed by atoms with Gasteiger partial charge in [0.2, 0.25) is 0 Å². The fraction of sp³-hybridized carbons (Fsp3) is 0.936. The fourth-order valence-electron chi connectivity index (χ4n) is 6.85. The smallest absolute Gasteiger partial charge is 0.306 e. The summed E-state index contributed by atoms with van der Waals surface area (Å²) in [4.78, 5) is 37.7. The van der Waals surface area contributed by atoms with Gasteiger partial charge >= 0.3 is 17.9 Å². The standard InChI is InChI=1S/C47H90O6/c1-7-43(6)35-29-23-16-13-14-18-26-32-38-47(50)53-44(40-52-46(49)37-31-25-20-19-22-28-34-42(4)5)39-51-45(48)36-30-24-17-12-10-8-9-11-15-21-27-33-41(2)3/h41-44H,7-40H2,1-6H3/t43?,44-/m1/s1. The summed E-state index contributed by atoms with van der Waals surface area (Å²) >= 11 is 0. The third-order valence-corrected chi connectivity index (χ3v) is 10.8. The summed E-state index contributed by atoms with van der Waals surface area (Å²) in [6, 6.07) is 0. The average Bonchev–Trinajstić information content (AvgIpc) is 3.12. The summed E-state index contributed by atoms with van der Waals surface area (Å²) in [5, 5.41) is 0. The number of carbonyl (C=O) groups excluding carboxylic acids is 3. The Kier molecular flexibility index (Phi) is 37.5. The summed E-state index contributed by atoms with van der Waals surface area (Å²) in [5.74, 6) is 1.57. The molecular weight excluding hydrogens is 661 g/mol. The Labute approximate surface area is 329 Å². The molecule has 0 heterocycles. The quantitative estimate of drug-likeness (QED) is 0.0352. The largest absolute Gasteiger partial charge is 0.462 e. The van der Waals surface area contributed by atoms with Crippen LogP contribution in [0.15, 0.2) is 0 Å². The Hall–Kier alpha value is -1.59. The highest BCUT2D eigenvalue weighted by molar-refractivity contribution is 5.71. The lowest BCUT2D eigenvalue weighted by atomic mass is 9.99. The molecule has 0 saturated carbocycles. The molecular formula is C47H90O6. The van der Waals surface area contributed by atoms with Gasteiger partial charge in [0.25, 0.3) is 0 Å². The maximum Gasteiger partial charge on any atom is 0.306 e. The number of carbonyl (C=O) groups is 3. The van der Waals surface area contributed by atoms with Crippen molar-refractivity contribution in [1.82, 2.24) is 0 Å². The van der Waals surface area contributed by atoms with Crippen LogP contribution in [0.2, 0.25) is 0 Å². The third kappa shape index (κ3) is 39.9. The second-order valence-electron chi connectivity index (χ2n) is 17.2. The predicted octanol–water partition coefficient (Wildman–Crippen LogP) is 14.4. The molecule has 0 aromatic rings. The number of hydrogen-bond donors (Lipinski definition) is 0. The fourth-order valence-corrected chi connectivity index (χ4v) is 6.85. The lowest BCUT2D eigenvalue weighted by molar-refractivity contribution is -0.167. The van der Waals surface area contributed by atoms with Crippen LogP contribution in [0.1, 0.15) is 247 Å². The second-order valence-corrected chi connectivity index (χ2v) is 17.2. The Balaban J connectivity index is 4.33. The van der Waals surface area contributed by atoms with Crippen molar-refractivity contribution in [1.29, 1.82) is 0 Å². The van der Waals surface area contributed by atoms with Crippen molar-refractivity contribution < 1.29 is 28.6 Å². The SMILES string of the molecule is CCC(C)CCCCCCCCCCC(=O)O[C@H](COC(=O)CCCCCCCCCCCCCC(C)C)COC(=O)CCCCCCCCC(C)C. The van der Waals surface area contributed by atoms with E-state index in [0.717, 1.165) is 75.5 Å². The molecule has 6 nitrogen and oxygen atoms in total. The van der Waals surface area contributed by atoms with Gasteiger partial charge < -0.3 is 14.2 Å². The van der Waals surface area contributed by atoms with Crippen LogP contribution in [0.5, 0.6) is 0 Å². The zero-order valence-corrected chi connectivity index (χ0v) is 36.3. The molecule has 0 aromatic carbocycles. The molecule has 314 valence electrons. The molecule has 0 saturated heterocycles. The third-order valence-electron chi connectivity index (χ3n) is 10.8. The van der Waals surface area contributed by atoms with Crippen molar-refractivity contribution in [2.45, 2.75) is 253 Å². The number of rotatable bonds is 40. The molecule has 0 fully saturated rings. The number of esters is 3. The van der Waals surface area contributed by atoms with E-state index < -0.39 is 6.10 Å². The highest BCUT2D eigenvalue weighted by atomic mass is 16.6. The molecule has 0 radical (unpaired) electrons. The Morgan fingerprint density at radius 3 is 0.981 bits per heavy atom. The topological polar surface area (TPSA) is 78.9 Å². The highest BCUT2D eigenvalue weighted by Gasteiger charge is 2.19. The van der Waals surface area contributed by atoms with E-state index in [4.69, 9.17) is 14.2 Å². The minimum absolute atomic E-state index is 0.0667. The normalized spacial score (nSPS) is 12.7. The first-order chi connectivity index (χ1) is 25.6. The van der Waals surface area contributed by atoms with Crippen LogP contribution in [0.4, 0.5) is 0 Å². The molecule has 2 atom stereocenters. The molecule has 0 N–H and O–H groups in total. The van der Waals surface area contributed by atoms with E-state index in [1.807, 2.05) is 0 Å². The summed E-state index contributed by atoms with van der Waals surface area (Å²) in [6.45, 7) is 13.6. The summed E-state index contributed by atoms with van der Waals surface area (Å²) in [7, 11) is 0. The molecule has 0 aliphatic rings. The summed E-state index contributed by atoms with van der Waals surface area (Å²) in [5.41, 5.74) is 0. The van der Waals surface area contributed by atoms with Crippen molar-refractivity contribution in [2.24, 2.45) is 17.8 Å². The van der Waals surface area contributed by atoms with Crippen molar-refractivity contribution in [2.75, 3.05) is 13.2 Å². The minimum atomic E-state index is -0.762. The molecule has 0 aliphatic carbocycles. The molecule has 1 unspecified atom stereocenters. The lowest BCUT2D eigenvalue weighted by Crippen LogP contribution is -2.30. The molecule has 0 amide bonds. The molecule has 0 spiro atoms. The van der Waals surface area contributed by atoms with Crippen molar-refractivity contribution in [3.8, 4) is 0 Å². The molecule has 53 heavy (non-hydrogen) atoms. The molecule has 0 aliphatic heterocycles. The van der Waals surface area contributed by atoms with Gasteiger partial charge in [0.15, 0.2) is 6.10 Å². The zero-order chi connectivity index (χ0) is 39.2. The number of hydrogen-bond acceptors (Lipinski definition) is 6. The monoisotopic (exact) mass is 751 g/mol. The maximum atomic E-state index is 12.7. The van der Waals surface area contributed by atoms with E-state index >= 15 is 0 Å². The van der Waals surface area contributed by atoms with Gasteiger partial charge in [0.05, 0.1) is 0 Å². The van der Waals surface area contributed by atoms with Crippen LogP contribution in [0.3, 0.4) is 0 Å². The van der Waals surface area contributed by atoms with Crippen LogP contribution in [-0.2, 0) is 28.6 Å². The zero-order valence-electron chi connectivity index (χ0n) is 36.3. The Bertz CT molecular complexity index is 824. The van der Waals surface area contributed by atoms with E-state index in [1.165, 1.54) is 128 Å². The molecule has 0 rings (SSSR count). The molecule has 0 aromatic heterocycles. The van der Waals surface area contributed by atoms with E-state index in [2.05, 4.69) is 41.5 Å². The van der Waals surface area contributed by atoms with Crippen LogP contribution < -0.4 is 0 Å². The van der Waals surface area contributed by atoms with Crippen molar-refractivity contribution >= 4 is 17.9 Å². The first kappa shape index (κ1) is 51.4. The second kappa shape index (κ2) is 38.7. The van der Waals surface area contributed by atoms with Crippen molar-refractivity contribution in [3.63, 3.8) is 0 Å². The van der Waals surface area contributed by atoms with Gasteiger partial charge in [-0.3, -0.25) is 14.4 Å². The van der Waals surface area contributed by atoms with Gasteiger partial charge in [-0.25, -0.2) is 0 Å². The van der Waals surface area contributed by atoms with Gasteiger partial charge in [-0.05, 0) is 37.0 Å². The van der Waals surface area contributed by atoms with Crippen LogP contribution in [0.25, 0.3) is 0 Å². The van der Waals surface area contributed by atoms with Gasteiger partial charge in [-0.1, -0.05) is 208 Å². The van der Waals surface area contributed by atoms with Crippen LogP contribution in [-0.4, -0.2) is 37.2 Å². The minimum Gasteiger partial charge on any atom is -0.462 e. The Morgan fingerprint density at radius 1 is 0.377 bits per heavy atom. The first-order valence-electron chi connectivity index (χ1n) is 23.1. The van der Waals surface area contributed by atoms with E-state index in [-0.39, 0.29) is 31.1 Å². The maximum absolute atomic E-state index is 12.7. The van der Waals surface area contributed by atoms with Crippen molar-refractivity contribution in [3.05, 3.63) is 0 Å². The first-order valence-corrected chi connectivity index (χ1v) is 23.1. The van der Waals surface area contributed by atoms with Gasteiger partial charge in [0.1, 0.15) is 13.2 Å². The summed E-state index contributed by atoms with van der Waals surface area (Å²) in [6.07, 6.45) is 35.2. The number of ether oxygens (including phenoxy) is 3. The van der Waals surface area contributed by atoms with E-state index in [9.17, 15) is 14.4 Å².